The van der Waals surface area contributed by atoms with Crippen LogP contribution in [0.2, 0.25) is 0 Å². The lowest BCUT2D eigenvalue weighted by Crippen LogP contribution is -2.47. The van der Waals surface area contributed by atoms with Crippen LogP contribution in [0.4, 0.5) is 5.95 Å². The first-order chi connectivity index (χ1) is 11.9. The summed E-state index contributed by atoms with van der Waals surface area (Å²) in [6.07, 6.45) is 4.34. The number of carbonyl (C=O) groups excluding carboxylic acids is 2. The summed E-state index contributed by atoms with van der Waals surface area (Å²) in [6, 6.07) is -0.388. The van der Waals surface area contributed by atoms with Gasteiger partial charge in [-0.3, -0.25) is 14.9 Å². The topological polar surface area (TPSA) is 97.9 Å². The molecule has 0 radical (unpaired) electrons. The lowest BCUT2D eigenvalue weighted by atomic mass is 9.87. The highest BCUT2D eigenvalue weighted by Gasteiger charge is 2.42. The maximum atomic E-state index is 12.9. The second-order valence-electron chi connectivity index (χ2n) is 6.29. The molecule has 2 aromatic rings. The van der Waals surface area contributed by atoms with Crippen LogP contribution in [-0.4, -0.2) is 47.6 Å². The van der Waals surface area contributed by atoms with E-state index in [1.165, 1.54) is 0 Å². The molecule has 3 rings (SSSR count). The lowest BCUT2D eigenvalue weighted by molar-refractivity contribution is -0.142. The van der Waals surface area contributed by atoms with Crippen LogP contribution >= 0.6 is 0 Å². The smallest absolute Gasteiger partial charge is 0.232 e. The van der Waals surface area contributed by atoms with Crippen LogP contribution in [0, 0.1) is 12.8 Å². The minimum Gasteiger partial charge on any atom is -0.336 e. The summed E-state index contributed by atoms with van der Waals surface area (Å²) < 4.78 is 3.58. The van der Waals surface area contributed by atoms with Gasteiger partial charge in [0.15, 0.2) is 0 Å². The predicted octanol–water partition coefficient (Wildman–Crippen LogP) is 0.795. The van der Waals surface area contributed by atoms with E-state index in [-0.39, 0.29) is 17.9 Å². The number of piperidine rings is 1. The Morgan fingerprint density at radius 2 is 2.12 bits per heavy atom. The van der Waals surface area contributed by atoms with Crippen molar-refractivity contribution in [1.29, 1.82) is 0 Å². The Balaban J connectivity index is 1.91. The van der Waals surface area contributed by atoms with Gasteiger partial charge in [0.25, 0.3) is 0 Å². The first-order valence-electron chi connectivity index (χ1n) is 8.37. The van der Waals surface area contributed by atoms with Crippen LogP contribution in [0.1, 0.15) is 37.5 Å². The van der Waals surface area contributed by atoms with E-state index in [1.54, 1.807) is 22.7 Å². The highest BCUT2D eigenvalue weighted by Crippen LogP contribution is 2.36. The van der Waals surface area contributed by atoms with E-state index in [0.717, 1.165) is 0 Å². The normalized spacial score (nSPS) is 20.8. The molecule has 1 fully saturated rings. The third kappa shape index (κ3) is 3.01. The molecule has 3 heterocycles. The zero-order valence-electron chi connectivity index (χ0n) is 14.9. The molecule has 0 aliphatic carbocycles. The van der Waals surface area contributed by atoms with Crippen LogP contribution in [-0.2, 0) is 23.7 Å². The maximum absolute atomic E-state index is 12.9. The molecule has 0 spiro atoms. The number of amides is 2. The van der Waals surface area contributed by atoms with E-state index in [1.807, 2.05) is 31.7 Å². The molecule has 9 nitrogen and oxygen atoms in total. The lowest BCUT2D eigenvalue weighted by Gasteiger charge is -2.39. The van der Waals surface area contributed by atoms with E-state index >= 15 is 0 Å². The van der Waals surface area contributed by atoms with Gasteiger partial charge in [0.2, 0.25) is 17.8 Å². The fraction of sp³-hybridized carbons (Fsp3) is 0.562. The summed E-state index contributed by atoms with van der Waals surface area (Å²) in [5, 5.41) is 10.8. The average Bonchev–Trinajstić information content (AvgIpc) is 3.14. The largest absolute Gasteiger partial charge is 0.336 e. The highest BCUT2D eigenvalue weighted by molar-refractivity contribution is 5.93. The summed E-state index contributed by atoms with van der Waals surface area (Å²) in [6.45, 7) is 4.26. The number of nitrogens with one attached hydrogen (secondary N) is 1. The van der Waals surface area contributed by atoms with Gasteiger partial charge in [-0.25, -0.2) is 4.98 Å². The van der Waals surface area contributed by atoms with Crippen LogP contribution in [0.25, 0.3) is 0 Å². The minimum absolute atomic E-state index is 0.0500. The van der Waals surface area contributed by atoms with Crippen LogP contribution < -0.4 is 5.32 Å². The van der Waals surface area contributed by atoms with Crippen LogP contribution in [0.3, 0.4) is 0 Å². The van der Waals surface area contributed by atoms with Crippen molar-refractivity contribution in [3.63, 3.8) is 0 Å². The molecule has 0 bridgehead atoms. The van der Waals surface area contributed by atoms with Crippen molar-refractivity contribution in [3.8, 4) is 0 Å². The van der Waals surface area contributed by atoms with Crippen molar-refractivity contribution in [2.45, 2.75) is 32.7 Å². The summed E-state index contributed by atoms with van der Waals surface area (Å²) in [7, 11) is 3.67. The number of nitrogens with zero attached hydrogens (tertiary/aromatic N) is 6. The van der Waals surface area contributed by atoms with Gasteiger partial charge in [0.1, 0.15) is 17.7 Å². The molecular formula is C16H23N7O2. The first-order valence-corrected chi connectivity index (χ1v) is 8.37. The van der Waals surface area contributed by atoms with Gasteiger partial charge in [-0.05, 0) is 20.3 Å². The second kappa shape index (κ2) is 6.66. The molecule has 9 heteroatoms. The van der Waals surface area contributed by atoms with E-state index in [9.17, 15) is 9.59 Å². The third-order valence-electron chi connectivity index (χ3n) is 4.83. The molecule has 0 unspecified atom stereocenters. The fourth-order valence-electron chi connectivity index (χ4n) is 3.30. The molecule has 1 N–H and O–H groups in total. The second-order valence-corrected chi connectivity index (χ2v) is 6.29. The summed E-state index contributed by atoms with van der Waals surface area (Å²) in [5.41, 5.74) is 0. The third-order valence-corrected chi connectivity index (χ3v) is 4.83. The van der Waals surface area contributed by atoms with Gasteiger partial charge in [-0.2, -0.15) is 0 Å². The van der Waals surface area contributed by atoms with E-state index < -0.39 is 5.92 Å². The number of hydrogen-bond donors (Lipinski definition) is 1. The number of aryl methyl sites for hydroxylation is 2. The zero-order chi connectivity index (χ0) is 18.1. The Labute approximate surface area is 146 Å². The van der Waals surface area contributed by atoms with E-state index in [2.05, 4.69) is 20.5 Å². The zero-order valence-corrected chi connectivity index (χ0v) is 14.9. The number of likely N-dealkylation sites (tertiary alicyclic amines) is 1. The summed E-state index contributed by atoms with van der Waals surface area (Å²) in [4.78, 5) is 31.4. The number of imidazole rings is 1. The van der Waals surface area contributed by atoms with Gasteiger partial charge in [0.05, 0.1) is 5.92 Å². The number of hydrogen-bond acceptors (Lipinski definition) is 5. The Morgan fingerprint density at radius 3 is 2.68 bits per heavy atom. The molecule has 2 aromatic heterocycles. The van der Waals surface area contributed by atoms with Gasteiger partial charge >= 0.3 is 0 Å². The Morgan fingerprint density at radius 1 is 1.36 bits per heavy atom. The van der Waals surface area contributed by atoms with Crippen molar-refractivity contribution in [2.24, 2.45) is 20.0 Å². The van der Waals surface area contributed by atoms with Crippen LogP contribution in [0.15, 0.2) is 12.4 Å². The Bertz CT molecular complexity index is 794. The van der Waals surface area contributed by atoms with Crippen molar-refractivity contribution in [1.82, 2.24) is 29.2 Å². The molecule has 1 aliphatic rings. The number of rotatable bonds is 4. The van der Waals surface area contributed by atoms with Gasteiger partial charge in [-0.15, -0.1) is 10.2 Å². The van der Waals surface area contributed by atoms with E-state index in [4.69, 9.17) is 0 Å². The summed E-state index contributed by atoms with van der Waals surface area (Å²) in [5.74, 6) is 1.31. The number of aromatic nitrogens is 5. The maximum Gasteiger partial charge on any atom is 0.232 e. The molecule has 25 heavy (non-hydrogen) atoms. The first kappa shape index (κ1) is 17.1. The highest BCUT2D eigenvalue weighted by atomic mass is 16.2. The van der Waals surface area contributed by atoms with Crippen molar-refractivity contribution >= 4 is 17.8 Å². The molecule has 0 saturated carbocycles. The Kier molecular flexibility index (Phi) is 4.56. The van der Waals surface area contributed by atoms with Gasteiger partial charge in [-0.1, -0.05) is 0 Å². The fourth-order valence-corrected chi connectivity index (χ4v) is 3.30. The van der Waals surface area contributed by atoms with Crippen LogP contribution in [0.5, 0.6) is 0 Å². The number of carbonyl (C=O) groups is 2. The van der Waals surface area contributed by atoms with Gasteiger partial charge < -0.3 is 14.0 Å². The molecule has 1 aliphatic heterocycles. The molecule has 1 saturated heterocycles. The predicted molar refractivity (Wildman–Crippen MR) is 90.4 cm³/mol. The Hall–Kier alpha value is -2.71. The van der Waals surface area contributed by atoms with Crippen molar-refractivity contribution in [3.05, 3.63) is 24.0 Å². The van der Waals surface area contributed by atoms with E-state index in [0.29, 0.717) is 37.0 Å². The quantitative estimate of drug-likeness (QED) is 0.884. The molecule has 2 amide bonds. The standard InChI is InChI=1S/C16H23N7O2/c1-5-23-12(24)7-6-11(13(23)14-17-8-9-21(14)3)15(25)18-16-20-19-10(2)22(16)4/h8-9,11,13H,5-7H2,1-4H3,(H,18,20,25)/t11-,13-/m0/s1. The van der Waals surface area contributed by atoms with Gasteiger partial charge in [0, 0.05) is 39.5 Å². The molecular weight excluding hydrogens is 322 g/mol. The average molecular weight is 345 g/mol. The minimum atomic E-state index is -0.393. The number of anilines is 1. The summed E-state index contributed by atoms with van der Waals surface area (Å²) >= 11 is 0. The molecule has 2 atom stereocenters. The van der Waals surface area contributed by atoms with Crippen molar-refractivity contribution < 1.29 is 9.59 Å². The monoisotopic (exact) mass is 345 g/mol. The molecule has 134 valence electrons. The van der Waals surface area contributed by atoms with Crippen molar-refractivity contribution in [2.75, 3.05) is 11.9 Å². The SMILES string of the molecule is CCN1C(=O)CC[C@H](C(=O)Nc2nnc(C)n2C)[C@H]1c1nccn1C. The molecule has 0 aromatic carbocycles.